The zero-order chi connectivity index (χ0) is 16.2. The first kappa shape index (κ1) is 17.2. The van der Waals surface area contributed by atoms with E-state index >= 15 is 0 Å². The van der Waals surface area contributed by atoms with E-state index in [1.54, 1.807) is 4.68 Å². The molecule has 6 heteroatoms. The minimum atomic E-state index is -0.981. The van der Waals surface area contributed by atoms with Gasteiger partial charge in [-0.2, -0.15) is 5.10 Å². The number of hydrogen-bond acceptors (Lipinski definition) is 3. The molecule has 6 nitrogen and oxygen atoms in total. The second kappa shape index (κ2) is 7.24. The first-order valence-corrected chi connectivity index (χ1v) is 7.23. The van der Waals surface area contributed by atoms with E-state index < -0.39 is 12.0 Å². The van der Waals surface area contributed by atoms with Gasteiger partial charge in [-0.05, 0) is 38.2 Å². The Hall–Kier alpha value is -1.85. The molecule has 1 aromatic heterocycles. The summed E-state index contributed by atoms with van der Waals surface area (Å²) in [5, 5.41) is 16.0. The summed E-state index contributed by atoms with van der Waals surface area (Å²) in [5.74, 6) is -0.995. The van der Waals surface area contributed by atoms with E-state index in [9.17, 15) is 9.59 Å². The summed E-state index contributed by atoms with van der Waals surface area (Å²) in [6.45, 7) is 7.75. The van der Waals surface area contributed by atoms with Gasteiger partial charge in [0.2, 0.25) is 5.91 Å². The second-order valence-electron chi connectivity index (χ2n) is 5.86. The number of amides is 1. The molecule has 0 spiro atoms. The molecular weight excluding hydrogens is 270 g/mol. The number of nitrogens with one attached hydrogen (secondary N) is 1. The van der Waals surface area contributed by atoms with Crippen molar-refractivity contribution in [3.8, 4) is 0 Å². The van der Waals surface area contributed by atoms with Gasteiger partial charge in [0.25, 0.3) is 0 Å². The highest BCUT2D eigenvalue weighted by atomic mass is 16.4. The molecule has 1 rings (SSSR count). The summed E-state index contributed by atoms with van der Waals surface area (Å²) in [6, 6.07) is -0.811. The van der Waals surface area contributed by atoms with E-state index in [1.165, 1.54) is 0 Å². The third-order valence-corrected chi connectivity index (χ3v) is 3.60. The highest BCUT2D eigenvalue weighted by Gasteiger charge is 2.21. The minimum absolute atomic E-state index is 0.217. The molecule has 0 aliphatic carbocycles. The molecule has 0 aliphatic rings. The topological polar surface area (TPSA) is 84.2 Å². The van der Waals surface area contributed by atoms with Crippen LogP contribution in [0.5, 0.6) is 0 Å². The van der Waals surface area contributed by atoms with Crippen LogP contribution in [0.3, 0.4) is 0 Å². The molecule has 1 amide bonds. The van der Waals surface area contributed by atoms with Gasteiger partial charge in [0.15, 0.2) is 0 Å². The first-order chi connectivity index (χ1) is 9.72. The Labute approximate surface area is 125 Å². The summed E-state index contributed by atoms with van der Waals surface area (Å²) in [4.78, 5) is 23.1. The van der Waals surface area contributed by atoms with Gasteiger partial charge in [-0.25, -0.2) is 4.79 Å². The standard InChI is InChI=1S/C15H25N3O3/c1-9(2)8-13(15(20)21)16-14(19)7-6-12-10(3)17-18(5)11(12)4/h9,13H,6-8H2,1-5H3,(H,16,19)(H,20,21)/t13-/m1/s1. The highest BCUT2D eigenvalue weighted by Crippen LogP contribution is 2.14. The Morgan fingerprint density at radius 3 is 2.38 bits per heavy atom. The molecule has 21 heavy (non-hydrogen) atoms. The van der Waals surface area contributed by atoms with Crippen LogP contribution in [0.25, 0.3) is 0 Å². The molecule has 0 aliphatic heterocycles. The summed E-state index contributed by atoms with van der Waals surface area (Å²) >= 11 is 0. The largest absolute Gasteiger partial charge is 0.480 e. The summed E-state index contributed by atoms with van der Waals surface area (Å²) < 4.78 is 1.79. The fourth-order valence-electron chi connectivity index (χ4n) is 2.38. The molecule has 0 aromatic carbocycles. The van der Waals surface area contributed by atoms with Gasteiger partial charge in [0.1, 0.15) is 6.04 Å². The van der Waals surface area contributed by atoms with Crippen molar-refractivity contribution in [3.05, 3.63) is 17.0 Å². The maximum absolute atomic E-state index is 11.9. The van der Waals surface area contributed by atoms with E-state index in [0.29, 0.717) is 12.8 Å². The van der Waals surface area contributed by atoms with Crippen molar-refractivity contribution in [1.82, 2.24) is 15.1 Å². The first-order valence-electron chi connectivity index (χ1n) is 7.23. The summed E-state index contributed by atoms with van der Waals surface area (Å²) in [7, 11) is 1.87. The van der Waals surface area contributed by atoms with Gasteiger partial charge in [-0.3, -0.25) is 9.48 Å². The Kier molecular flexibility index (Phi) is 5.93. The molecular formula is C15H25N3O3. The molecule has 0 saturated carbocycles. The van der Waals surface area contributed by atoms with Crippen LogP contribution in [0.4, 0.5) is 0 Å². The molecule has 1 heterocycles. The van der Waals surface area contributed by atoms with E-state index in [-0.39, 0.29) is 18.2 Å². The fraction of sp³-hybridized carbons (Fsp3) is 0.667. The zero-order valence-corrected chi connectivity index (χ0v) is 13.4. The second-order valence-corrected chi connectivity index (χ2v) is 5.86. The zero-order valence-electron chi connectivity index (χ0n) is 13.4. The van der Waals surface area contributed by atoms with Crippen LogP contribution >= 0.6 is 0 Å². The number of carbonyl (C=O) groups excluding carboxylic acids is 1. The molecule has 118 valence electrons. The Morgan fingerprint density at radius 1 is 1.33 bits per heavy atom. The number of carboxylic acids is 1. The predicted octanol–water partition coefficient (Wildman–Crippen LogP) is 1.59. The minimum Gasteiger partial charge on any atom is -0.480 e. The Balaban J connectivity index is 2.59. The normalized spacial score (nSPS) is 12.5. The number of rotatable bonds is 7. The smallest absolute Gasteiger partial charge is 0.326 e. The molecule has 1 aromatic rings. The number of hydrogen-bond donors (Lipinski definition) is 2. The van der Waals surface area contributed by atoms with Crippen LogP contribution in [-0.2, 0) is 23.1 Å². The molecule has 0 bridgehead atoms. The van der Waals surface area contributed by atoms with E-state index in [1.807, 2.05) is 34.7 Å². The number of carbonyl (C=O) groups is 2. The number of aromatic nitrogens is 2. The molecule has 1 atom stereocenters. The summed E-state index contributed by atoms with van der Waals surface area (Å²) in [5.41, 5.74) is 3.01. The molecule has 0 saturated heterocycles. The highest BCUT2D eigenvalue weighted by molar-refractivity contribution is 5.83. The van der Waals surface area contributed by atoms with Gasteiger partial charge in [-0.1, -0.05) is 13.8 Å². The van der Waals surface area contributed by atoms with Crippen LogP contribution in [0.1, 0.15) is 43.6 Å². The lowest BCUT2D eigenvalue weighted by Crippen LogP contribution is -2.41. The number of aliphatic carboxylic acids is 1. The third-order valence-electron chi connectivity index (χ3n) is 3.60. The average molecular weight is 295 g/mol. The molecule has 0 radical (unpaired) electrons. The average Bonchev–Trinajstić information content (AvgIpc) is 2.60. The van der Waals surface area contributed by atoms with E-state index in [2.05, 4.69) is 10.4 Å². The maximum Gasteiger partial charge on any atom is 0.326 e. The van der Waals surface area contributed by atoms with E-state index in [0.717, 1.165) is 17.0 Å². The number of nitrogens with zero attached hydrogens (tertiary/aromatic N) is 2. The van der Waals surface area contributed by atoms with Crippen molar-refractivity contribution < 1.29 is 14.7 Å². The Morgan fingerprint density at radius 2 is 1.95 bits per heavy atom. The lowest BCUT2D eigenvalue weighted by atomic mass is 10.0. The van der Waals surface area contributed by atoms with Crippen molar-refractivity contribution in [2.24, 2.45) is 13.0 Å². The Bertz CT molecular complexity index is 520. The molecule has 0 unspecified atom stereocenters. The molecule has 0 fully saturated rings. The number of carboxylic acid groups (broad SMARTS) is 1. The van der Waals surface area contributed by atoms with Crippen LogP contribution in [0.15, 0.2) is 0 Å². The van der Waals surface area contributed by atoms with Crippen molar-refractivity contribution in [1.29, 1.82) is 0 Å². The number of aryl methyl sites for hydroxylation is 2. The third kappa shape index (κ3) is 4.88. The molecule has 2 N–H and O–H groups in total. The van der Waals surface area contributed by atoms with Crippen LogP contribution in [0.2, 0.25) is 0 Å². The van der Waals surface area contributed by atoms with Crippen molar-refractivity contribution in [3.63, 3.8) is 0 Å². The monoisotopic (exact) mass is 295 g/mol. The van der Waals surface area contributed by atoms with Crippen molar-refractivity contribution >= 4 is 11.9 Å². The fourth-order valence-corrected chi connectivity index (χ4v) is 2.38. The van der Waals surface area contributed by atoms with Gasteiger partial charge in [0.05, 0.1) is 5.69 Å². The quantitative estimate of drug-likeness (QED) is 0.800. The van der Waals surface area contributed by atoms with Crippen LogP contribution < -0.4 is 5.32 Å². The maximum atomic E-state index is 11.9. The van der Waals surface area contributed by atoms with Crippen molar-refractivity contribution in [2.75, 3.05) is 0 Å². The van der Waals surface area contributed by atoms with Crippen LogP contribution in [-0.4, -0.2) is 32.8 Å². The van der Waals surface area contributed by atoms with Gasteiger partial charge in [0, 0.05) is 19.2 Å². The lowest BCUT2D eigenvalue weighted by molar-refractivity contribution is -0.142. The SMILES string of the molecule is Cc1nn(C)c(C)c1CCC(=O)N[C@H](CC(C)C)C(=O)O. The predicted molar refractivity (Wildman–Crippen MR) is 80.0 cm³/mol. The van der Waals surface area contributed by atoms with E-state index in [4.69, 9.17) is 5.11 Å². The van der Waals surface area contributed by atoms with Crippen LogP contribution in [0, 0.1) is 19.8 Å². The van der Waals surface area contributed by atoms with Gasteiger partial charge in [-0.15, -0.1) is 0 Å². The van der Waals surface area contributed by atoms with Crippen molar-refractivity contribution in [2.45, 2.75) is 53.0 Å². The van der Waals surface area contributed by atoms with Gasteiger partial charge >= 0.3 is 5.97 Å². The van der Waals surface area contributed by atoms with Gasteiger partial charge < -0.3 is 10.4 Å². The summed E-state index contributed by atoms with van der Waals surface area (Å²) in [6.07, 6.45) is 1.28. The lowest BCUT2D eigenvalue weighted by Gasteiger charge is -2.16.